The third-order valence-electron chi connectivity index (χ3n) is 3.59. The third-order valence-corrected chi connectivity index (χ3v) is 3.59. The van der Waals surface area contributed by atoms with Crippen LogP contribution in [0.2, 0.25) is 0 Å². The van der Waals surface area contributed by atoms with E-state index in [1.165, 1.54) is 4.68 Å². The highest BCUT2D eigenvalue weighted by atomic mass is 16.5. The molecule has 0 radical (unpaired) electrons. The number of methoxy groups -OCH3 is 1. The zero-order valence-electron chi connectivity index (χ0n) is 11.5. The molecule has 0 aliphatic carbocycles. The van der Waals surface area contributed by atoms with Crippen molar-refractivity contribution >= 4 is 11.9 Å². The minimum absolute atomic E-state index is 0.146. The molecule has 3 rings (SSSR count). The summed E-state index contributed by atoms with van der Waals surface area (Å²) in [4.78, 5) is 13.1. The lowest BCUT2D eigenvalue weighted by Gasteiger charge is -2.21. The normalized spacial score (nSPS) is 21.7. The Bertz CT molecular complexity index is 630. The van der Waals surface area contributed by atoms with Gasteiger partial charge in [-0.15, -0.1) is 0 Å². The van der Waals surface area contributed by atoms with Crippen LogP contribution in [0.1, 0.15) is 6.42 Å². The lowest BCUT2D eigenvalue weighted by atomic mass is 10.2. The molecule has 110 valence electrons. The van der Waals surface area contributed by atoms with Crippen molar-refractivity contribution in [2.75, 3.05) is 18.6 Å². The SMILES string of the molecule is COC1CC(C(=O)O)N(c2nnnn2-c2ccccc2)C1. The number of hydrogen-bond acceptors (Lipinski definition) is 6. The van der Waals surface area contributed by atoms with Gasteiger partial charge < -0.3 is 14.7 Å². The highest BCUT2D eigenvalue weighted by Gasteiger charge is 2.39. The average Bonchev–Trinajstić information content (AvgIpc) is 3.14. The average molecular weight is 289 g/mol. The van der Waals surface area contributed by atoms with Gasteiger partial charge in [0.25, 0.3) is 5.95 Å². The Morgan fingerprint density at radius 1 is 1.38 bits per heavy atom. The summed E-state index contributed by atoms with van der Waals surface area (Å²) in [7, 11) is 1.58. The Kier molecular flexibility index (Phi) is 3.53. The number of carbonyl (C=O) groups is 1. The zero-order valence-corrected chi connectivity index (χ0v) is 11.5. The van der Waals surface area contributed by atoms with Crippen molar-refractivity contribution in [1.29, 1.82) is 0 Å². The van der Waals surface area contributed by atoms with Crippen LogP contribution in [-0.4, -0.2) is 57.1 Å². The van der Waals surface area contributed by atoms with Gasteiger partial charge in [-0.2, -0.15) is 4.68 Å². The molecule has 8 heteroatoms. The van der Waals surface area contributed by atoms with Gasteiger partial charge >= 0.3 is 5.97 Å². The Hall–Kier alpha value is -2.48. The molecule has 0 amide bonds. The Morgan fingerprint density at radius 2 is 2.14 bits per heavy atom. The summed E-state index contributed by atoms with van der Waals surface area (Å²) >= 11 is 0. The lowest BCUT2D eigenvalue weighted by Crippen LogP contribution is -2.37. The van der Waals surface area contributed by atoms with Gasteiger partial charge in [-0.25, -0.2) is 4.79 Å². The van der Waals surface area contributed by atoms with Crippen molar-refractivity contribution in [2.45, 2.75) is 18.6 Å². The number of anilines is 1. The third kappa shape index (κ3) is 2.45. The van der Waals surface area contributed by atoms with Crippen LogP contribution < -0.4 is 4.90 Å². The molecule has 1 aliphatic rings. The van der Waals surface area contributed by atoms with Gasteiger partial charge in [0.2, 0.25) is 0 Å². The number of carboxylic acid groups (broad SMARTS) is 1. The first-order valence-electron chi connectivity index (χ1n) is 6.56. The molecule has 8 nitrogen and oxygen atoms in total. The van der Waals surface area contributed by atoms with Crippen molar-refractivity contribution in [3.05, 3.63) is 30.3 Å². The van der Waals surface area contributed by atoms with Crippen LogP contribution in [0.5, 0.6) is 0 Å². The Balaban J connectivity index is 1.97. The van der Waals surface area contributed by atoms with Crippen LogP contribution in [0.4, 0.5) is 5.95 Å². The highest BCUT2D eigenvalue weighted by Crippen LogP contribution is 2.26. The number of tetrazole rings is 1. The van der Waals surface area contributed by atoms with Gasteiger partial charge in [-0.05, 0) is 22.6 Å². The second kappa shape index (κ2) is 5.49. The maximum Gasteiger partial charge on any atom is 0.326 e. The van der Waals surface area contributed by atoms with E-state index in [0.29, 0.717) is 18.9 Å². The summed E-state index contributed by atoms with van der Waals surface area (Å²) in [5.41, 5.74) is 0.780. The minimum atomic E-state index is -0.905. The maximum absolute atomic E-state index is 11.4. The van der Waals surface area contributed by atoms with Crippen LogP contribution in [0, 0.1) is 0 Å². The molecule has 2 heterocycles. The number of carboxylic acids is 1. The molecule has 1 fully saturated rings. The Morgan fingerprint density at radius 3 is 2.81 bits per heavy atom. The molecule has 0 bridgehead atoms. The summed E-state index contributed by atoms with van der Waals surface area (Å²) < 4.78 is 6.82. The van der Waals surface area contributed by atoms with E-state index < -0.39 is 12.0 Å². The molecule has 1 aromatic carbocycles. The molecule has 21 heavy (non-hydrogen) atoms. The molecule has 2 aromatic rings. The predicted octanol–water partition coefficient (Wildman–Crippen LogP) is 0.341. The molecule has 1 N–H and O–H groups in total. The number of hydrogen-bond donors (Lipinski definition) is 1. The van der Waals surface area contributed by atoms with Crippen LogP contribution >= 0.6 is 0 Å². The van der Waals surface area contributed by atoms with Crippen molar-refractivity contribution in [3.8, 4) is 5.69 Å². The molecule has 0 spiro atoms. The van der Waals surface area contributed by atoms with E-state index in [0.717, 1.165) is 5.69 Å². The van der Waals surface area contributed by atoms with Gasteiger partial charge in [0.1, 0.15) is 6.04 Å². The van der Waals surface area contributed by atoms with Crippen LogP contribution in [-0.2, 0) is 9.53 Å². The number of nitrogens with zero attached hydrogens (tertiary/aromatic N) is 5. The number of aromatic nitrogens is 4. The van der Waals surface area contributed by atoms with Gasteiger partial charge in [0.05, 0.1) is 11.8 Å². The van der Waals surface area contributed by atoms with Crippen molar-refractivity contribution in [1.82, 2.24) is 20.2 Å². The molecular formula is C13H15N5O3. The second-order valence-corrected chi connectivity index (χ2v) is 4.83. The largest absolute Gasteiger partial charge is 0.480 e. The molecular weight excluding hydrogens is 274 g/mol. The second-order valence-electron chi connectivity index (χ2n) is 4.83. The fourth-order valence-corrected chi connectivity index (χ4v) is 2.52. The number of benzene rings is 1. The van der Waals surface area contributed by atoms with Gasteiger partial charge in [0, 0.05) is 20.1 Å². The summed E-state index contributed by atoms with van der Waals surface area (Å²) in [5.74, 6) is -0.495. The first-order valence-corrected chi connectivity index (χ1v) is 6.56. The van der Waals surface area contributed by atoms with Crippen molar-refractivity contribution in [2.24, 2.45) is 0 Å². The molecule has 2 atom stereocenters. The van der Waals surface area contributed by atoms with Gasteiger partial charge in [0.15, 0.2) is 0 Å². The maximum atomic E-state index is 11.4. The van der Waals surface area contributed by atoms with Gasteiger partial charge in [-0.1, -0.05) is 23.3 Å². The fourth-order valence-electron chi connectivity index (χ4n) is 2.52. The summed E-state index contributed by atoms with van der Waals surface area (Å²) in [5, 5.41) is 21.0. The summed E-state index contributed by atoms with van der Waals surface area (Å²) in [6.45, 7) is 0.445. The summed E-state index contributed by atoms with van der Waals surface area (Å²) in [6.07, 6.45) is 0.264. The standard InChI is InChI=1S/C13H15N5O3/c1-21-10-7-11(12(19)20)17(8-10)13-14-15-16-18(13)9-5-3-2-4-6-9/h2-6,10-11H,7-8H2,1H3,(H,19,20). The number of ether oxygens (including phenoxy) is 1. The highest BCUT2D eigenvalue weighted by molar-refractivity contribution is 5.78. The van der Waals surface area contributed by atoms with E-state index in [1.807, 2.05) is 30.3 Å². The number of rotatable bonds is 4. The first-order chi connectivity index (χ1) is 10.2. The van der Waals surface area contributed by atoms with Gasteiger partial charge in [-0.3, -0.25) is 0 Å². The van der Waals surface area contributed by atoms with E-state index >= 15 is 0 Å². The predicted molar refractivity (Wildman–Crippen MR) is 73.3 cm³/mol. The molecule has 1 aliphatic heterocycles. The Labute approximate surface area is 120 Å². The van der Waals surface area contributed by atoms with E-state index in [4.69, 9.17) is 4.74 Å². The lowest BCUT2D eigenvalue weighted by molar-refractivity contribution is -0.138. The van der Waals surface area contributed by atoms with E-state index in [-0.39, 0.29) is 6.10 Å². The van der Waals surface area contributed by atoms with E-state index in [2.05, 4.69) is 15.5 Å². The molecule has 1 aromatic heterocycles. The first kappa shape index (κ1) is 13.5. The van der Waals surface area contributed by atoms with Crippen LogP contribution in [0.25, 0.3) is 5.69 Å². The monoisotopic (exact) mass is 289 g/mol. The van der Waals surface area contributed by atoms with Crippen LogP contribution in [0.3, 0.4) is 0 Å². The van der Waals surface area contributed by atoms with E-state index in [9.17, 15) is 9.90 Å². The van der Waals surface area contributed by atoms with Crippen LogP contribution in [0.15, 0.2) is 30.3 Å². The minimum Gasteiger partial charge on any atom is -0.480 e. The topological polar surface area (TPSA) is 93.4 Å². The van der Waals surface area contributed by atoms with Crippen molar-refractivity contribution < 1.29 is 14.6 Å². The molecule has 1 saturated heterocycles. The number of aliphatic carboxylic acids is 1. The number of para-hydroxylation sites is 1. The summed E-state index contributed by atoms with van der Waals surface area (Å²) in [6, 6.07) is 8.67. The quantitative estimate of drug-likeness (QED) is 0.867. The van der Waals surface area contributed by atoms with E-state index in [1.54, 1.807) is 12.0 Å². The molecule has 0 saturated carbocycles. The van der Waals surface area contributed by atoms with Crippen molar-refractivity contribution in [3.63, 3.8) is 0 Å². The zero-order chi connectivity index (χ0) is 14.8. The molecule has 2 unspecified atom stereocenters. The smallest absolute Gasteiger partial charge is 0.326 e. The fraction of sp³-hybridized carbons (Fsp3) is 0.385.